The summed E-state index contributed by atoms with van der Waals surface area (Å²) in [6, 6.07) is 15.1. The summed E-state index contributed by atoms with van der Waals surface area (Å²) in [6.45, 7) is 6.83. The van der Waals surface area contributed by atoms with Crippen molar-refractivity contribution in [2.45, 2.75) is 51.6 Å². The fraction of sp³-hybridized carbons (Fsp3) is 0.355. The average Bonchev–Trinajstić information content (AvgIpc) is 2.91. The molecule has 0 amide bonds. The van der Waals surface area contributed by atoms with Crippen LogP contribution in [0.3, 0.4) is 0 Å². The van der Waals surface area contributed by atoms with Gasteiger partial charge in [0.25, 0.3) is 0 Å². The second kappa shape index (κ2) is 12.3. The summed E-state index contributed by atoms with van der Waals surface area (Å²) in [5, 5.41) is 0. The largest absolute Gasteiger partial charge is 0.490 e. The van der Waals surface area contributed by atoms with E-state index < -0.39 is 11.6 Å². The van der Waals surface area contributed by atoms with Gasteiger partial charge in [0.05, 0.1) is 19.3 Å². The van der Waals surface area contributed by atoms with Gasteiger partial charge in [-0.15, -0.1) is 6.58 Å². The average molecular weight is 495 g/mol. The summed E-state index contributed by atoms with van der Waals surface area (Å²) >= 11 is 0. The minimum absolute atomic E-state index is 0.0677. The molecule has 1 aliphatic heterocycles. The number of ether oxygens (including phenoxy) is 2. The first kappa shape index (κ1) is 26.0. The Labute approximate surface area is 211 Å². The van der Waals surface area contributed by atoms with Gasteiger partial charge in [-0.3, -0.25) is 0 Å². The van der Waals surface area contributed by atoms with Gasteiger partial charge in [-0.2, -0.15) is 4.39 Å². The minimum Gasteiger partial charge on any atom is -0.490 e. The van der Waals surface area contributed by atoms with Crippen molar-refractivity contribution in [2.24, 2.45) is 5.92 Å². The Morgan fingerprint density at radius 3 is 2.31 bits per heavy atom. The molecule has 0 bridgehead atoms. The molecule has 5 heteroatoms. The van der Waals surface area contributed by atoms with Crippen molar-refractivity contribution in [3.8, 4) is 28.0 Å². The van der Waals surface area contributed by atoms with Gasteiger partial charge in [0.1, 0.15) is 5.82 Å². The Kier molecular flexibility index (Phi) is 8.87. The zero-order valence-electron chi connectivity index (χ0n) is 20.7. The summed E-state index contributed by atoms with van der Waals surface area (Å²) in [4.78, 5) is 0. The number of hydrogen-bond donors (Lipinski definition) is 0. The Morgan fingerprint density at radius 1 is 0.889 bits per heavy atom. The van der Waals surface area contributed by atoms with Crippen LogP contribution in [-0.4, -0.2) is 13.2 Å². The van der Waals surface area contributed by atoms with Gasteiger partial charge in [-0.05, 0) is 54.2 Å². The molecule has 36 heavy (non-hydrogen) atoms. The van der Waals surface area contributed by atoms with Gasteiger partial charge in [-0.1, -0.05) is 68.7 Å². The zero-order valence-corrected chi connectivity index (χ0v) is 20.7. The molecule has 2 atom stereocenters. The van der Waals surface area contributed by atoms with E-state index in [1.807, 2.05) is 12.1 Å². The zero-order chi connectivity index (χ0) is 25.5. The van der Waals surface area contributed by atoms with E-state index in [2.05, 4.69) is 13.5 Å². The second-order valence-corrected chi connectivity index (χ2v) is 9.36. The van der Waals surface area contributed by atoms with Crippen molar-refractivity contribution < 1.29 is 22.6 Å². The van der Waals surface area contributed by atoms with Crippen molar-refractivity contribution in [1.29, 1.82) is 0 Å². The molecule has 0 N–H and O–H groups in total. The molecule has 0 radical (unpaired) electrons. The van der Waals surface area contributed by atoms with E-state index in [0.717, 1.165) is 44.1 Å². The van der Waals surface area contributed by atoms with Crippen molar-refractivity contribution in [3.05, 3.63) is 90.3 Å². The highest BCUT2D eigenvalue weighted by atomic mass is 19.2. The lowest BCUT2D eigenvalue weighted by atomic mass is 9.93. The Balaban J connectivity index is 1.45. The third-order valence-corrected chi connectivity index (χ3v) is 6.82. The SMILES string of the molecule is C=CC1CCC(c2ccc(-c3ccc(-c4ccc(OCCCCCC)c(F)c4F)cc3)cc2F)OC1. The van der Waals surface area contributed by atoms with Crippen LogP contribution < -0.4 is 4.74 Å². The Bertz CT molecular complexity index is 1170. The number of rotatable bonds is 10. The van der Waals surface area contributed by atoms with E-state index in [1.54, 1.807) is 30.3 Å². The van der Waals surface area contributed by atoms with E-state index in [4.69, 9.17) is 9.47 Å². The molecule has 1 fully saturated rings. The van der Waals surface area contributed by atoms with Gasteiger partial charge in [0.2, 0.25) is 5.82 Å². The molecule has 1 aliphatic rings. The fourth-order valence-electron chi connectivity index (χ4n) is 4.59. The van der Waals surface area contributed by atoms with Gasteiger partial charge in [0.15, 0.2) is 11.6 Å². The summed E-state index contributed by atoms with van der Waals surface area (Å²) in [6.07, 6.45) is 7.33. The van der Waals surface area contributed by atoms with Crippen LogP contribution in [-0.2, 0) is 4.74 Å². The van der Waals surface area contributed by atoms with Crippen molar-refractivity contribution >= 4 is 0 Å². The summed E-state index contributed by atoms with van der Waals surface area (Å²) in [5.74, 6) is -1.97. The van der Waals surface area contributed by atoms with E-state index in [-0.39, 0.29) is 23.2 Å². The Hall–Kier alpha value is -3.05. The van der Waals surface area contributed by atoms with E-state index in [9.17, 15) is 13.2 Å². The van der Waals surface area contributed by atoms with Crippen LogP contribution in [0.4, 0.5) is 13.2 Å². The molecule has 2 unspecified atom stereocenters. The number of hydrogen-bond acceptors (Lipinski definition) is 2. The first-order chi connectivity index (χ1) is 17.5. The monoisotopic (exact) mass is 494 g/mol. The third-order valence-electron chi connectivity index (χ3n) is 6.82. The number of benzene rings is 3. The third kappa shape index (κ3) is 6.01. The van der Waals surface area contributed by atoms with Crippen molar-refractivity contribution in [3.63, 3.8) is 0 Å². The second-order valence-electron chi connectivity index (χ2n) is 9.36. The predicted molar refractivity (Wildman–Crippen MR) is 138 cm³/mol. The van der Waals surface area contributed by atoms with Crippen LogP contribution in [0.25, 0.3) is 22.3 Å². The molecule has 0 aliphatic carbocycles. The van der Waals surface area contributed by atoms with Gasteiger partial charge in [-0.25, -0.2) is 8.78 Å². The van der Waals surface area contributed by atoms with E-state index in [1.165, 1.54) is 18.2 Å². The van der Waals surface area contributed by atoms with E-state index >= 15 is 0 Å². The van der Waals surface area contributed by atoms with Gasteiger partial charge in [0, 0.05) is 17.0 Å². The molecule has 1 saturated heterocycles. The van der Waals surface area contributed by atoms with Crippen molar-refractivity contribution in [1.82, 2.24) is 0 Å². The van der Waals surface area contributed by atoms with Crippen LogP contribution in [0.1, 0.15) is 57.1 Å². The van der Waals surface area contributed by atoms with Gasteiger partial charge >= 0.3 is 0 Å². The lowest BCUT2D eigenvalue weighted by molar-refractivity contribution is -0.00700. The molecule has 0 saturated carbocycles. The molecule has 1 heterocycles. The molecule has 3 aromatic rings. The molecule has 3 aromatic carbocycles. The van der Waals surface area contributed by atoms with Gasteiger partial charge < -0.3 is 9.47 Å². The maximum absolute atomic E-state index is 14.9. The maximum atomic E-state index is 14.9. The highest BCUT2D eigenvalue weighted by Crippen LogP contribution is 2.35. The molecular weight excluding hydrogens is 461 g/mol. The number of unbranched alkanes of at least 4 members (excludes halogenated alkanes) is 3. The molecule has 2 nitrogen and oxygen atoms in total. The van der Waals surface area contributed by atoms with Crippen LogP contribution >= 0.6 is 0 Å². The van der Waals surface area contributed by atoms with Crippen LogP contribution in [0.5, 0.6) is 5.75 Å². The first-order valence-electron chi connectivity index (χ1n) is 12.8. The minimum atomic E-state index is -0.978. The van der Waals surface area contributed by atoms with Crippen LogP contribution in [0.15, 0.2) is 67.3 Å². The smallest absolute Gasteiger partial charge is 0.201 e. The molecule has 0 aromatic heterocycles. The lowest BCUT2D eigenvalue weighted by Gasteiger charge is -2.28. The molecule has 0 spiro atoms. The fourth-order valence-corrected chi connectivity index (χ4v) is 4.59. The topological polar surface area (TPSA) is 18.5 Å². The quantitative estimate of drug-likeness (QED) is 0.207. The first-order valence-corrected chi connectivity index (χ1v) is 12.8. The lowest BCUT2D eigenvalue weighted by Crippen LogP contribution is -2.19. The molecule has 4 rings (SSSR count). The predicted octanol–water partition coefficient (Wildman–Crippen LogP) is 9.05. The summed E-state index contributed by atoms with van der Waals surface area (Å²) in [7, 11) is 0. The normalized spacial score (nSPS) is 17.7. The Morgan fingerprint density at radius 2 is 1.64 bits per heavy atom. The standard InChI is InChI=1S/C31H33F3O2/c1-3-5-6-7-18-35-29-17-15-25(30(33)31(29)34)23-11-9-22(10-12-23)24-13-14-26(27(32)19-24)28-16-8-21(4-2)20-36-28/h4,9-15,17,19,21,28H,2-3,5-8,16,18,20H2,1H3. The summed E-state index contributed by atoms with van der Waals surface area (Å²) in [5.41, 5.74) is 2.75. The van der Waals surface area contributed by atoms with Crippen LogP contribution in [0.2, 0.25) is 0 Å². The van der Waals surface area contributed by atoms with Crippen molar-refractivity contribution in [2.75, 3.05) is 13.2 Å². The summed E-state index contributed by atoms with van der Waals surface area (Å²) < 4.78 is 55.6. The maximum Gasteiger partial charge on any atom is 0.201 e. The highest BCUT2D eigenvalue weighted by molar-refractivity contribution is 5.71. The number of halogens is 3. The highest BCUT2D eigenvalue weighted by Gasteiger charge is 2.24. The van der Waals surface area contributed by atoms with Crippen LogP contribution in [0, 0.1) is 23.4 Å². The molecule has 190 valence electrons. The molecular formula is C31H33F3O2. The van der Waals surface area contributed by atoms with E-state index in [0.29, 0.717) is 35.8 Å².